The van der Waals surface area contributed by atoms with Gasteiger partial charge in [-0.1, -0.05) is 17.7 Å². The summed E-state index contributed by atoms with van der Waals surface area (Å²) in [7, 11) is 1.54. The van der Waals surface area contributed by atoms with Crippen LogP contribution in [0, 0.1) is 5.41 Å². The van der Waals surface area contributed by atoms with Gasteiger partial charge in [-0.25, -0.2) is 0 Å². The number of nitrogens with zero attached hydrogens (tertiary/aromatic N) is 2. The highest BCUT2D eigenvalue weighted by Gasteiger charge is 2.41. The molecule has 0 radical (unpaired) electrons. The Hall–Kier alpha value is -2.53. The van der Waals surface area contributed by atoms with Crippen LogP contribution in [0.1, 0.15) is 42.9 Å². The van der Waals surface area contributed by atoms with Crippen LogP contribution in [-0.4, -0.2) is 58.6 Å². The van der Waals surface area contributed by atoms with Crippen LogP contribution < -0.4 is 4.74 Å². The molecule has 1 aliphatic heterocycles. The molecule has 1 aliphatic rings. The van der Waals surface area contributed by atoms with E-state index < -0.39 is 29.2 Å². The van der Waals surface area contributed by atoms with E-state index in [0.717, 1.165) is 12.1 Å². The number of carboxylic acids is 1. The monoisotopic (exact) mass is 582 g/mol. The van der Waals surface area contributed by atoms with E-state index in [9.17, 15) is 28.2 Å². The molecule has 6 nitrogen and oxygen atoms in total. The number of fused-ring (bicyclic) bond motifs is 1. The molecule has 1 fully saturated rings. The standard InChI is InChI=1S/C28H30ClF3N2O4S/c1-38-19-5-6-23-21(16-19)25(22(29)17-33-23)24(35)7-8-27(26(36)37)9-11-34(12-10-27)13-14-39-20-4-2-3-18(15-20)28(30,31)32/h2-6,15-17,24,35H,7-14H2,1H3,(H,36,37)/t24-/m1/s1. The van der Waals surface area contributed by atoms with Gasteiger partial charge in [-0.05, 0) is 75.2 Å². The molecule has 39 heavy (non-hydrogen) atoms. The molecule has 4 rings (SSSR count). The van der Waals surface area contributed by atoms with Gasteiger partial charge in [-0.15, -0.1) is 11.8 Å². The van der Waals surface area contributed by atoms with Crippen LogP contribution >= 0.6 is 23.4 Å². The van der Waals surface area contributed by atoms with E-state index in [2.05, 4.69) is 9.88 Å². The van der Waals surface area contributed by atoms with Crippen molar-refractivity contribution in [1.29, 1.82) is 0 Å². The van der Waals surface area contributed by atoms with Gasteiger partial charge < -0.3 is 19.8 Å². The van der Waals surface area contributed by atoms with Crippen molar-refractivity contribution < 1.29 is 32.9 Å². The summed E-state index contributed by atoms with van der Waals surface area (Å²) in [5.41, 5.74) is -0.485. The fourth-order valence-electron chi connectivity index (χ4n) is 5.02. The molecule has 2 aromatic carbocycles. The van der Waals surface area contributed by atoms with Gasteiger partial charge in [0.15, 0.2) is 0 Å². The van der Waals surface area contributed by atoms with Crippen LogP contribution in [-0.2, 0) is 11.0 Å². The van der Waals surface area contributed by atoms with E-state index in [1.807, 2.05) is 0 Å². The second-order valence-electron chi connectivity index (χ2n) is 9.76. The number of aliphatic hydroxyl groups is 1. The predicted octanol–water partition coefficient (Wildman–Crippen LogP) is 6.69. The summed E-state index contributed by atoms with van der Waals surface area (Å²) < 4.78 is 44.2. The van der Waals surface area contributed by atoms with Gasteiger partial charge >= 0.3 is 12.1 Å². The summed E-state index contributed by atoms with van der Waals surface area (Å²) in [4.78, 5) is 19.4. The maximum absolute atomic E-state index is 13.0. The predicted molar refractivity (Wildman–Crippen MR) is 145 cm³/mol. The van der Waals surface area contributed by atoms with Crippen molar-refractivity contribution in [2.45, 2.75) is 42.9 Å². The Morgan fingerprint density at radius 3 is 2.64 bits per heavy atom. The van der Waals surface area contributed by atoms with E-state index >= 15 is 0 Å². The van der Waals surface area contributed by atoms with E-state index in [1.165, 1.54) is 24.0 Å². The Kier molecular flexibility index (Phi) is 9.31. The van der Waals surface area contributed by atoms with Crippen LogP contribution in [0.2, 0.25) is 5.02 Å². The highest BCUT2D eigenvalue weighted by molar-refractivity contribution is 7.99. The first-order valence-corrected chi connectivity index (χ1v) is 13.9. The van der Waals surface area contributed by atoms with Crippen molar-refractivity contribution in [2.75, 3.05) is 32.5 Å². The average Bonchev–Trinajstić information content (AvgIpc) is 2.91. The lowest BCUT2D eigenvalue weighted by atomic mass is 9.74. The number of hydrogen-bond acceptors (Lipinski definition) is 6. The SMILES string of the molecule is COc1ccc2ncc(Cl)c([C@H](O)CCC3(C(=O)O)CCN(CCSc4cccc(C(F)(F)F)c4)CC3)c2c1. The van der Waals surface area contributed by atoms with Crippen molar-refractivity contribution in [3.05, 3.63) is 64.8 Å². The molecular weight excluding hydrogens is 553 g/mol. The minimum Gasteiger partial charge on any atom is -0.497 e. The number of carbonyl (C=O) groups is 1. The van der Waals surface area contributed by atoms with E-state index in [4.69, 9.17) is 16.3 Å². The number of rotatable bonds is 10. The summed E-state index contributed by atoms with van der Waals surface area (Å²) in [5.74, 6) is 0.303. The van der Waals surface area contributed by atoms with E-state index in [1.54, 1.807) is 31.4 Å². The number of likely N-dealkylation sites (tertiary alicyclic amines) is 1. The van der Waals surface area contributed by atoms with Crippen LogP contribution in [0.4, 0.5) is 13.2 Å². The lowest BCUT2D eigenvalue weighted by molar-refractivity contribution is -0.153. The average molecular weight is 583 g/mol. The molecule has 2 N–H and O–H groups in total. The number of pyridine rings is 1. The summed E-state index contributed by atoms with van der Waals surface area (Å²) in [6, 6.07) is 10.6. The highest BCUT2D eigenvalue weighted by Crippen LogP contribution is 2.41. The summed E-state index contributed by atoms with van der Waals surface area (Å²) >= 11 is 7.76. The summed E-state index contributed by atoms with van der Waals surface area (Å²) in [5, 5.41) is 22.2. The molecule has 210 valence electrons. The number of aliphatic hydroxyl groups excluding tert-OH is 1. The molecule has 0 bridgehead atoms. The molecule has 3 aromatic rings. The third kappa shape index (κ3) is 6.98. The Morgan fingerprint density at radius 2 is 1.97 bits per heavy atom. The van der Waals surface area contributed by atoms with Crippen LogP contribution in [0.25, 0.3) is 10.9 Å². The topological polar surface area (TPSA) is 82.9 Å². The van der Waals surface area contributed by atoms with Crippen molar-refractivity contribution in [3.8, 4) is 5.75 Å². The first-order valence-electron chi connectivity index (χ1n) is 12.6. The molecule has 2 heterocycles. The smallest absolute Gasteiger partial charge is 0.416 e. The third-order valence-corrected chi connectivity index (χ3v) is 8.68. The van der Waals surface area contributed by atoms with Gasteiger partial charge in [0.05, 0.1) is 34.7 Å². The molecule has 0 unspecified atom stereocenters. The van der Waals surface area contributed by atoms with Crippen molar-refractivity contribution in [3.63, 3.8) is 0 Å². The minimum absolute atomic E-state index is 0.216. The fraction of sp³-hybridized carbons (Fsp3) is 0.429. The molecule has 1 aromatic heterocycles. The van der Waals surface area contributed by atoms with Gasteiger partial charge in [0.25, 0.3) is 0 Å². The number of ether oxygens (including phenoxy) is 1. The van der Waals surface area contributed by atoms with Gasteiger partial charge in [-0.3, -0.25) is 9.78 Å². The van der Waals surface area contributed by atoms with Crippen molar-refractivity contribution in [2.24, 2.45) is 5.41 Å². The zero-order valence-electron chi connectivity index (χ0n) is 21.4. The molecule has 1 saturated heterocycles. The second-order valence-corrected chi connectivity index (χ2v) is 11.3. The molecule has 0 amide bonds. The Balaban J connectivity index is 1.35. The quantitative estimate of drug-likeness (QED) is 0.258. The Labute approximate surface area is 234 Å². The Morgan fingerprint density at radius 1 is 1.23 bits per heavy atom. The van der Waals surface area contributed by atoms with Crippen molar-refractivity contribution >= 4 is 40.2 Å². The third-order valence-electron chi connectivity index (χ3n) is 7.40. The largest absolute Gasteiger partial charge is 0.497 e. The molecule has 1 atom stereocenters. The molecule has 0 aliphatic carbocycles. The molecule has 0 spiro atoms. The Bertz CT molecular complexity index is 1320. The molecular formula is C28H30ClF3N2O4S. The molecule has 0 saturated carbocycles. The fourth-order valence-corrected chi connectivity index (χ4v) is 6.27. The van der Waals surface area contributed by atoms with Gasteiger partial charge in [0.1, 0.15) is 5.75 Å². The maximum Gasteiger partial charge on any atom is 0.416 e. The number of alkyl halides is 3. The van der Waals surface area contributed by atoms with Crippen LogP contribution in [0.5, 0.6) is 5.75 Å². The van der Waals surface area contributed by atoms with Gasteiger partial charge in [-0.2, -0.15) is 13.2 Å². The second kappa shape index (κ2) is 12.3. The highest BCUT2D eigenvalue weighted by atomic mass is 35.5. The first kappa shape index (κ1) is 29.5. The van der Waals surface area contributed by atoms with Crippen LogP contribution in [0.3, 0.4) is 0 Å². The van der Waals surface area contributed by atoms with E-state index in [0.29, 0.717) is 70.4 Å². The minimum atomic E-state index is -4.38. The summed E-state index contributed by atoms with van der Waals surface area (Å²) in [6.45, 7) is 1.75. The van der Waals surface area contributed by atoms with Gasteiger partial charge in [0, 0.05) is 34.3 Å². The normalized spacial score (nSPS) is 16.8. The lowest BCUT2D eigenvalue weighted by Crippen LogP contribution is -2.45. The number of methoxy groups -OCH3 is 1. The number of piperidine rings is 1. The number of aromatic nitrogens is 1. The first-order chi connectivity index (χ1) is 18.5. The maximum atomic E-state index is 13.0. The number of carboxylic acid groups (broad SMARTS) is 1. The number of benzene rings is 2. The zero-order chi connectivity index (χ0) is 28.2. The van der Waals surface area contributed by atoms with E-state index in [-0.39, 0.29) is 12.8 Å². The number of aliphatic carboxylic acids is 1. The van der Waals surface area contributed by atoms with Crippen molar-refractivity contribution in [1.82, 2.24) is 9.88 Å². The molecule has 11 heteroatoms. The number of thioether (sulfide) groups is 1. The van der Waals surface area contributed by atoms with Gasteiger partial charge in [0.2, 0.25) is 0 Å². The van der Waals surface area contributed by atoms with Crippen LogP contribution in [0.15, 0.2) is 53.6 Å². The number of halogens is 4. The number of hydrogen-bond donors (Lipinski definition) is 2. The summed E-state index contributed by atoms with van der Waals surface area (Å²) in [6.07, 6.45) is -2.54. The lowest BCUT2D eigenvalue weighted by Gasteiger charge is -2.39. The zero-order valence-corrected chi connectivity index (χ0v) is 23.0.